The molecule has 0 amide bonds. The largest absolute Gasteiger partial charge is 0.368 e. The molecule has 0 atom stereocenters. The lowest BCUT2D eigenvalue weighted by Crippen LogP contribution is -1.99. The fourth-order valence-corrected chi connectivity index (χ4v) is 1.25. The lowest BCUT2D eigenvalue weighted by molar-refractivity contribution is -0.391. The Morgan fingerprint density at radius 2 is 2.22 bits per heavy atom. The van der Waals surface area contributed by atoms with Gasteiger partial charge in [0, 0.05) is 12.1 Å². The van der Waals surface area contributed by atoms with Crippen LogP contribution in [0.1, 0.15) is 11.5 Å². The maximum Gasteiger partial charge on any atom is 0.343 e. The van der Waals surface area contributed by atoms with Crippen LogP contribution in [0.25, 0.3) is 0 Å². The monoisotopic (exact) mass is 244 g/mol. The van der Waals surface area contributed by atoms with Crippen LogP contribution in [0.4, 0.5) is 11.8 Å². The highest BCUT2D eigenvalue weighted by Gasteiger charge is 2.14. The minimum Gasteiger partial charge on any atom is -0.368 e. The van der Waals surface area contributed by atoms with Crippen molar-refractivity contribution in [3.8, 4) is 11.8 Å². The minimum absolute atomic E-state index is 0.118. The predicted molar refractivity (Wildman–Crippen MR) is 62.3 cm³/mol. The molecule has 0 bridgehead atoms. The normalized spacial score (nSPS) is 9.61. The average molecular weight is 244 g/mol. The molecule has 0 aliphatic carbocycles. The second-order valence-corrected chi connectivity index (χ2v) is 3.31. The van der Waals surface area contributed by atoms with Crippen LogP contribution in [0.3, 0.4) is 0 Å². The summed E-state index contributed by atoms with van der Waals surface area (Å²) in [5.74, 6) is 5.66. The number of hydrogen-bond acceptors (Lipinski definition) is 6. The summed E-state index contributed by atoms with van der Waals surface area (Å²) in [6, 6.07) is 1.58. The van der Waals surface area contributed by atoms with Gasteiger partial charge in [0.05, 0.1) is 7.05 Å². The van der Waals surface area contributed by atoms with E-state index in [1.165, 1.54) is 17.8 Å². The second-order valence-electron chi connectivity index (χ2n) is 3.31. The summed E-state index contributed by atoms with van der Waals surface area (Å²) in [4.78, 5) is 21.5. The van der Waals surface area contributed by atoms with E-state index in [0.29, 0.717) is 5.69 Å². The predicted octanol–water partition coefficient (Wildman–Crippen LogP) is 0.100. The third-order valence-corrected chi connectivity index (χ3v) is 2.13. The third-order valence-electron chi connectivity index (χ3n) is 2.13. The van der Waals surface area contributed by atoms with Gasteiger partial charge in [-0.25, -0.2) is 19.5 Å². The van der Waals surface area contributed by atoms with Crippen molar-refractivity contribution < 1.29 is 4.92 Å². The Kier molecular flexibility index (Phi) is 2.89. The van der Waals surface area contributed by atoms with Gasteiger partial charge < -0.3 is 15.8 Å². The number of nitro groups is 1. The summed E-state index contributed by atoms with van der Waals surface area (Å²) >= 11 is 0. The summed E-state index contributed by atoms with van der Waals surface area (Å²) in [6.07, 6.45) is 2.63. The summed E-state index contributed by atoms with van der Waals surface area (Å²) in [5.41, 5.74) is 5.83. The SMILES string of the molecule is Cn1c([N+](=O)[O-])cnc1C#Cc1ccnc(N)n1. The molecular formula is C10H8N6O2. The van der Waals surface area contributed by atoms with Crippen LogP contribution in [-0.4, -0.2) is 24.4 Å². The number of imidazole rings is 1. The molecule has 8 nitrogen and oxygen atoms in total. The van der Waals surface area contributed by atoms with Crippen LogP contribution < -0.4 is 5.73 Å². The highest BCUT2D eigenvalue weighted by Crippen LogP contribution is 2.10. The minimum atomic E-state index is -0.527. The van der Waals surface area contributed by atoms with Gasteiger partial charge in [0.25, 0.3) is 5.82 Å². The molecule has 0 aliphatic rings. The number of nitrogens with zero attached hydrogens (tertiary/aromatic N) is 5. The zero-order chi connectivity index (χ0) is 13.1. The van der Waals surface area contributed by atoms with Crippen LogP contribution in [-0.2, 0) is 7.05 Å². The second kappa shape index (κ2) is 4.50. The highest BCUT2D eigenvalue weighted by molar-refractivity contribution is 5.37. The molecule has 90 valence electrons. The topological polar surface area (TPSA) is 113 Å². The zero-order valence-electron chi connectivity index (χ0n) is 9.36. The molecule has 2 aromatic heterocycles. The van der Waals surface area contributed by atoms with E-state index < -0.39 is 4.92 Å². The number of hydrogen-bond donors (Lipinski definition) is 1. The van der Waals surface area contributed by atoms with Crippen molar-refractivity contribution in [2.75, 3.05) is 5.73 Å². The van der Waals surface area contributed by atoms with E-state index >= 15 is 0 Å². The summed E-state index contributed by atoms with van der Waals surface area (Å²) in [5, 5.41) is 10.6. The van der Waals surface area contributed by atoms with Gasteiger partial charge in [0.15, 0.2) is 0 Å². The number of aromatic nitrogens is 4. The Hall–Kier alpha value is -2.95. The molecule has 8 heteroatoms. The maximum atomic E-state index is 10.6. The fourth-order valence-electron chi connectivity index (χ4n) is 1.25. The molecule has 2 aromatic rings. The summed E-state index contributed by atoms with van der Waals surface area (Å²) in [6.45, 7) is 0. The van der Waals surface area contributed by atoms with Crippen molar-refractivity contribution in [2.45, 2.75) is 0 Å². The van der Waals surface area contributed by atoms with Gasteiger partial charge in [-0.3, -0.25) is 0 Å². The molecule has 0 aliphatic heterocycles. The van der Waals surface area contributed by atoms with Crippen molar-refractivity contribution in [3.63, 3.8) is 0 Å². The van der Waals surface area contributed by atoms with Crippen molar-refractivity contribution in [2.24, 2.45) is 7.05 Å². The molecule has 0 saturated heterocycles. The summed E-state index contributed by atoms with van der Waals surface area (Å²) < 4.78 is 1.29. The van der Waals surface area contributed by atoms with Gasteiger partial charge in [0.2, 0.25) is 5.95 Å². The molecule has 0 unspecified atom stereocenters. The van der Waals surface area contributed by atoms with Crippen molar-refractivity contribution in [3.05, 3.63) is 40.1 Å². The maximum absolute atomic E-state index is 10.6. The molecule has 0 fully saturated rings. The Morgan fingerprint density at radius 1 is 1.44 bits per heavy atom. The first-order valence-corrected chi connectivity index (χ1v) is 4.84. The van der Waals surface area contributed by atoms with Gasteiger partial charge in [-0.15, -0.1) is 0 Å². The Morgan fingerprint density at radius 3 is 2.83 bits per heavy atom. The number of nitrogens with two attached hydrogens (primary N) is 1. The van der Waals surface area contributed by atoms with Gasteiger partial charge in [-0.2, -0.15) is 0 Å². The zero-order valence-corrected chi connectivity index (χ0v) is 9.36. The van der Waals surface area contributed by atoms with Crippen LogP contribution in [0.15, 0.2) is 18.5 Å². The molecule has 0 spiro atoms. The van der Waals surface area contributed by atoms with Crippen LogP contribution in [0.5, 0.6) is 0 Å². The Bertz CT molecular complexity index is 666. The van der Waals surface area contributed by atoms with Crippen molar-refractivity contribution >= 4 is 11.8 Å². The standard InChI is InChI=1S/C10H8N6O2/c1-15-8(13-6-9(15)16(17)18)3-2-7-4-5-12-10(11)14-7/h4-6H,1H3,(H2,11,12,14). The molecule has 2 heterocycles. The summed E-state index contributed by atoms with van der Waals surface area (Å²) in [7, 11) is 1.52. The quantitative estimate of drug-likeness (QED) is 0.432. The van der Waals surface area contributed by atoms with Crippen molar-refractivity contribution in [1.29, 1.82) is 0 Å². The lowest BCUT2D eigenvalue weighted by Gasteiger charge is -1.92. The van der Waals surface area contributed by atoms with Crippen LogP contribution in [0, 0.1) is 22.0 Å². The molecule has 0 aromatic carbocycles. The van der Waals surface area contributed by atoms with Gasteiger partial charge in [0.1, 0.15) is 11.9 Å². The molecule has 18 heavy (non-hydrogen) atoms. The Labute approximate surface area is 102 Å². The number of rotatable bonds is 1. The van der Waals surface area contributed by atoms with E-state index in [0.717, 1.165) is 6.20 Å². The van der Waals surface area contributed by atoms with E-state index in [4.69, 9.17) is 5.73 Å². The fraction of sp³-hybridized carbons (Fsp3) is 0.100. The average Bonchev–Trinajstić information content (AvgIpc) is 2.68. The lowest BCUT2D eigenvalue weighted by atomic mass is 10.4. The molecule has 0 saturated carbocycles. The van der Waals surface area contributed by atoms with E-state index in [9.17, 15) is 10.1 Å². The van der Waals surface area contributed by atoms with E-state index in [1.807, 2.05) is 0 Å². The number of nitrogen functional groups attached to an aromatic ring is 1. The molecular weight excluding hydrogens is 236 g/mol. The number of anilines is 1. The Balaban J connectivity index is 2.33. The first-order valence-electron chi connectivity index (χ1n) is 4.84. The third kappa shape index (κ3) is 2.25. The van der Waals surface area contributed by atoms with Crippen LogP contribution in [0.2, 0.25) is 0 Å². The van der Waals surface area contributed by atoms with Gasteiger partial charge >= 0.3 is 5.82 Å². The smallest absolute Gasteiger partial charge is 0.343 e. The molecule has 2 rings (SSSR count). The van der Waals surface area contributed by atoms with E-state index in [1.54, 1.807) is 6.07 Å². The first kappa shape index (κ1) is 11.5. The van der Waals surface area contributed by atoms with Gasteiger partial charge in [-0.1, -0.05) is 0 Å². The molecule has 0 radical (unpaired) electrons. The van der Waals surface area contributed by atoms with Gasteiger partial charge in [-0.05, 0) is 16.9 Å². The molecule has 2 N–H and O–H groups in total. The first-order chi connectivity index (χ1) is 8.58. The van der Waals surface area contributed by atoms with Crippen molar-refractivity contribution in [1.82, 2.24) is 19.5 Å². The van der Waals surface area contributed by atoms with Crippen LogP contribution >= 0.6 is 0 Å². The van der Waals surface area contributed by atoms with E-state index in [-0.39, 0.29) is 17.6 Å². The van der Waals surface area contributed by atoms with E-state index in [2.05, 4.69) is 26.8 Å². The highest BCUT2D eigenvalue weighted by atomic mass is 16.6.